The maximum atomic E-state index is 6.12. The van der Waals surface area contributed by atoms with Gasteiger partial charge in [-0.1, -0.05) is 18.2 Å². The molecule has 122 valence electrons. The van der Waals surface area contributed by atoms with Gasteiger partial charge in [0, 0.05) is 25.8 Å². The molecule has 3 nitrogen and oxygen atoms in total. The maximum absolute atomic E-state index is 6.12. The van der Waals surface area contributed by atoms with Gasteiger partial charge in [-0.25, -0.2) is 0 Å². The number of benzene rings is 2. The number of piperidine rings is 1. The lowest BCUT2D eigenvalue weighted by atomic mass is 10.0. The minimum Gasteiger partial charge on any atom is -0.490 e. The first kappa shape index (κ1) is 15.9. The first-order valence-corrected chi connectivity index (χ1v) is 8.40. The molecule has 0 bridgehead atoms. The lowest BCUT2D eigenvalue weighted by molar-refractivity contribution is 0.114. The Balaban J connectivity index is 1.68. The van der Waals surface area contributed by atoms with E-state index < -0.39 is 0 Å². The van der Waals surface area contributed by atoms with Gasteiger partial charge in [0.05, 0.1) is 0 Å². The minimum absolute atomic E-state index is 0.356. The zero-order valence-electron chi connectivity index (χ0n) is 14.3. The molecule has 0 aliphatic carbocycles. The fraction of sp³-hybridized carbons (Fsp3) is 0.400. The van der Waals surface area contributed by atoms with E-state index in [4.69, 9.17) is 4.74 Å². The Morgan fingerprint density at radius 1 is 1.00 bits per heavy atom. The summed E-state index contributed by atoms with van der Waals surface area (Å²) < 4.78 is 6.12. The van der Waals surface area contributed by atoms with Crippen LogP contribution in [0.3, 0.4) is 0 Å². The van der Waals surface area contributed by atoms with Crippen LogP contribution in [0, 0.1) is 6.92 Å². The Hall–Kier alpha value is -2.00. The molecule has 2 aromatic carbocycles. The molecule has 0 atom stereocenters. The number of rotatable bonds is 4. The lowest BCUT2D eigenvalue weighted by Gasteiger charge is -2.29. The predicted molar refractivity (Wildman–Crippen MR) is 97.3 cm³/mol. The van der Waals surface area contributed by atoms with Crippen molar-refractivity contribution in [1.82, 2.24) is 4.90 Å². The number of likely N-dealkylation sites (tertiary alicyclic amines) is 1. The van der Waals surface area contributed by atoms with Gasteiger partial charge in [-0.15, -0.1) is 0 Å². The van der Waals surface area contributed by atoms with Crippen molar-refractivity contribution in [2.75, 3.05) is 32.5 Å². The molecule has 0 unspecified atom stereocenters. The molecule has 0 saturated carbocycles. The van der Waals surface area contributed by atoms with Gasteiger partial charge in [-0.3, -0.25) is 0 Å². The van der Waals surface area contributed by atoms with Crippen molar-refractivity contribution in [1.29, 1.82) is 0 Å². The summed E-state index contributed by atoms with van der Waals surface area (Å²) in [6, 6.07) is 15.0. The van der Waals surface area contributed by atoms with Crippen LogP contribution in [0.5, 0.6) is 5.75 Å². The third kappa shape index (κ3) is 3.85. The van der Waals surface area contributed by atoms with Gasteiger partial charge in [0.25, 0.3) is 0 Å². The zero-order valence-corrected chi connectivity index (χ0v) is 14.3. The van der Waals surface area contributed by atoms with E-state index in [1.165, 1.54) is 22.4 Å². The predicted octanol–water partition coefficient (Wildman–Crippen LogP) is 4.18. The van der Waals surface area contributed by atoms with Gasteiger partial charge in [-0.2, -0.15) is 0 Å². The molecule has 0 aromatic heterocycles. The average Bonchev–Trinajstić information content (AvgIpc) is 2.57. The topological polar surface area (TPSA) is 24.5 Å². The second kappa shape index (κ2) is 7.05. The molecule has 0 amide bonds. The first-order chi connectivity index (χ1) is 11.2. The highest BCUT2D eigenvalue weighted by atomic mass is 16.5. The van der Waals surface area contributed by atoms with Crippen LogP contribution in [0.2, 0.25) is 0 Å². The van der Waals surface area contributed by atoms with Crippen molar-refractivity contribution < 1.29 is 4.74 Å². The van der Waals surface area contributed by atoms with Crippen molar-refractivity contribution >= 4 is 5.69 Å². The molecule has 3 rings (SSSR count). The quantitative estimate of drug-likeness (QED) is 0.917. The Kier molecular flexibility index (Phi) is 4.87. The number of ether oxygens (including phenoxy) is 1. The van der Waals surface area contributed by atoms with E-state index in [0.29, 0.717) is 6.10 Å². The van der Waals surface area contributed by atoms with Gasteiger partial charge in [0.15, 0.2) is 0 Å². The van der Waals surface area contributed by atoms with Crippen molar-refractivity contribution in [3.05, 3.63) is 48.0 Å². The van der Waals surface area contributed by atoms with Crippen LogP contribution < -0.4 is 10.1 Å². The number of nitrogens with zero attached hydrogens (tertiary/aromatic N) is 1. The summed E-state index contributed by atoms with van der Waals surface area (Å²) in [6.45, 7) is 4.38. The molecule has 1 fully saturated rings. The SMILES string of the molecule is CNc1ccc(-c2ccc(OC3CCN(C)CC3)cc2)cc1C. The number of aryl methyl sites for hydroxylation is 1. The van der Waals surface area contributed by atoms with Crippen LogP contribution in [0.4, 0.5) is 5.69 Å². The van der Waals surface area contributed by atoms with Crippen LogP contribution in [0.15, 0.2) is 42.5 Å². The molecule has 1 N–H and O–H groups in total. The van der Waals surface area contributed by atoms with Crippen LogP contribution in [-0.4, -0.2) is 38.2 Å². The van der Waals surface area contributed by atoms with Gasteiger partial charge < -0.3 is 15.0 Å². The molecule has 1 aliphatic heterocycles. The number of hydrogen-bond donors (Lipinski definition) is 1. The van der Waals surface area contributed by atoms with Gasteiger partial charge in [0.1, 0.15) is 11.9 Å². The van der Waals surface area contributed by atoms with E-state index in [-0.39, 0.29) is 0 Å². The van der Waals surface area contributed by atoms with Crippen LogP contribution in [0.25, 0.3) is 11.1 Å². The highest BCUT2D eigenvalue weighted by molar-refractivity contribution is 5.68. The summed E-state index contributed by atoms with van der Waals surface area (Å²) in [4.78, 5) is 2.36. The first-order valence-electron chi connectivity index (χ1n) is 8.40. The molecule has 1 heterocycles. The number of nitrogens with one attached hydrogen (secondary N) is 1. The van der Waals surface area contributed by atoms with E-state index in [1.54, 1.807) is 0 Å². The highest BCUT2D eigenvalue weighted by Crippen LogP contribution is 2.27. The van der Waals surface area contributed by atoms with Crippen molar-refractivity contribution in [2.24, 2.45) is 0 Å². The lowest BCUT2D eigenvalue weighted by Crippen LogP contribution is -2.35. The van der Waals surface area contributed by atoms with E-state index >= 15 is 0 Å². The Morgan fingerprint density at radius 2 is 1.65 bits per heavy atom. The Bertz CT molecular complexity index is 643. The summed E-state index contributed by atoms with van der Waals surface area (Å²) in [5.41, 5.74) is 4.91. The van der Waals surface area contributed by atoms with Crippen molar-refractivity contribution in [3.63, 3.8) is 0 Å². The molecular weight excluding hydrogens is 284 g/mol. The maximum Gasteiger partial charge on any atom is 0.119 e. The fourth-order valence-electron chi connectivity index (χ4n) is 3.14. The molecule has 1 aliphatic rings. The zero-order chi connectivity index (χ0) is 16.2. The summed E-state index contributed by atoms with van der Waals surface area (Å²) in [7, 11) is 4.13. The van der Waals surface area contributed by atoms with E-state index in [1.807, 2.05) is 7.05 Å². The van der Waals surface area contributed by atoms with E-state index in [2.05, 4.69) is 66.7 Å². The molecule has 0 spiro atoms. The highest BCUT2D eigenvalue weighted by Gasteiger charge is 2.17. The third-order valence-electron chi connectivity index (χ3n) is 4.65. The molecule has 2 aromatic rings. The summed E-state index contributed by atoms with van der Waals surface area (Å²) >= 11 is 0. The molecule has 3 heteroatoms. The minimum atomic E-state index is 0.356. The summed E-state index contributed by atoms with van der Waals surface area (Å²) in [5.74, 6) is 0.979. The molecule has 23 heavy (non-hydrogen) atoms. The number of hydrogen-bond acceptors (Lipinski definition) is 3. The Morgan fingerprint density at radius 3 is 2.26 bits per heavy atom. The molecular formula is C20H26N2O. The third-order valence-corrected chi connectivity index (χ3v) is 4.65. The molecule has 0 radical (unpaired) electrons. The van der Waals surface area contributed by atoms with Crippen LogP contribution in [-0.2, 0) is 0 Å². The monoisotopic (exact) mass is 310 g/mol. The van der Waals surface area contributed by atoms with Crippen molar-refractivity contribution in [3.8, 4) is 16.9 Å². The normalized spacial score (nSPS) is 16.3. The second-order valence-electron chi connectivity index (χ2n) is 6.42. The molecule has 1 saturated heterocycles. The summed E-state index contributed by atoms with van der Waals surface area (Å²) in [6.07, 6.45) is 2.58. The Labute approximate surface area is 139 Å². The van der Waals surface area contributed by atoms with Crippen LogP contribution >= 0.6 is 0 Å². The largest absolute Gasteiger partial charge is 0.490 e. The second-order valence-corrected chi connectivity index (χ2v) is 6.42. The van der Waals surface area contributed by atoms with Crippen molar-refractivity contribution in [2.45, 2.75) is 25.9 Å². The van der Waals surface area contributed by atoms with Gasteiger partial charge in [-0.05, 0) is 67.8 Å². The fourth-order valence-corrected chi connectivity index (χ4v) is 3.14. The van der Waals surface area contributed by atoms with E-state index in [9.17, 15) is 0 Å². The standard InChI is InChI=1S/C20H26N2O/c1-15-14-17(6-9-20(15)21-2)16-4-7-18(8-5-16)23-19-10-12-22(3)13-11-19/h4-9,14,19,21H,10-13H2,1-3H3. The van der Waals surface area contributed by atoms with Gasteiger partial charge in [0.2, 0.25) is 0 Å². The smallest absolute Gasteiger partial charge is 0.119 e. The summed E-state index contributed by atoms with van der Waals surface area (Å²) in [5, 5.41) is 3.21. The van der Waals surface area contributed by atoms with Gasteiger partial charge >= 0.3 is 0 Å². The van der Waals surface area contributed by atoms with E-state index in [0.717, 1.165) is 31.7 Å². The van der Waals surface area contributed by atoms with Crippen LogP contribution in [0.1, 0.15) is 18.4 Å². The average molecular weight is 310 g/mol. The number of anilines is 1.